The lowest BCUT2D eigenvalue weighted by atomic mass is 10.3. The predicted molar refractivity (Wildman–Crippen MR) is 83.7 cm³/mol. The first-order valence-corrected chi connectivity index (χ1v) is 6.78. The SMILES string of the molecule is O=c1ccn(-c2cccc(Oc3ccccc3)c2)c(=S)[nH]1. The highest BCUT2D eigenvalue weighted by Crippen LogP contribution is 2.23. The fraction of sp³-hybridized carbons (Fsp3) is 0. The van der Waals surface area contributed by atoms with Gasteiger partial charge in [-0.25, -0.2) is 0 Å². The van der Waals surface area contributed by atoms with Crippen molar-refractivity contribution in [1.29, 1.82) is 0 Å². The van der Waals surface area contributed by atoms with Gasteiger partial charge in [-0.05, 0) is 36.5 Å². The Kier molecular flexibility index (Phi) is 3.66. The van der Waals surface area contributed by atoms with Crippen LogP contribution < -0.4 is 10.3 Å². The smallest absolute Gasteiger partial charge is 0.251 e. The maximum absolute atomic E-state index is 11.2. The monoisotopic (exact) mass is 296 g/mol. The van der Waals surface area contributed by atoms with E-state index in [2.05, 4.69) is 4.98 Å². The standard InChI is InChI=1S/C16H12N2O2S/c19-15-9-10-18(16(21)17-15)12-5-4-8-14(11-12)20-13-6-2-1-3-7-13/h1-11H,(H,17,19,21). The summed E-state index contributed by atoms with van der Waals surface area (Å²) in [4.78, 5) is 13.8. The normalized spacial score (nSPS) is 10.3. The average Bonchev–Trinajstić information content (AvgIpc) is 2.48. The fourth-order valence-corrected chi connectivity index (χ4v) is 2.21. The van der Waals surface area contributed by atoms with Crippen LogP contribution in [-0.2, 0) is 0 Å². The summed E-state index contributed by atoms with van der Waals surface area (Å²) in [6.45, 7) is 0. The van der Waals surface area contributed by atoms with Crippen molar-refractivity contribution in [3.8, 4) is 17.2 Å². The third kappa shape index (κ3) is 3.09. The largest absolute Gasteiger partial charge is 0.457 e. The van der Waals surface area contributed by atoms with E-state index in [0.717, 1.165) is 11.4 Å². The molecule has 0 fully saturated rings. The van der Waals surface area contributed by atoms with Gasteiger partial charge in [0, 0.05) is 18.3 Å². The molecular weight excluding hydrogens is 284 g/mol. The summed E-state index contributed by atoms with van der Waals surface area (Å²) in [5.41, 5.74) is 0.609. The lowest BCUT2D eigenvalue weighted by Gasteiger charge is -2.09. The second-order valence-electron chi connectivity index (χ2n) is 4.39. The second kappa shape index (κ2) is 5.76. The molecule has 104 valence electrons. The van der Waals surface area contributed by atoms with Crippen LogP contribution >= 0.6 is 12.2 Å². The number of benzene rings is 2. The van der Waals surface area contributed by atoms with E-state index in [-0.39, 0.29) is 5.56 Å². The van der Waals surface area contributed by atoms with Crippen molar-refractivity contribution in [3.63, 3.8) is 0 Å². The summed E-state index contributed by atoms with van der Waals surface area (Å²) < 4.78 is 7.85. The van der Waals surface area contributed by atoms with Crippen molar-refractivity contribution in [1.82, 2.24) is 9.55 Å². The van der Waals surface area contributed by atoms with Gasteiger partial charge in [-0.2, -0.15) is 0 Å². The Hall–Kier alpha value is -2.66. The molecule has 0 aliphatic carbocycles. The lowest BCUT2D eigenvalue weighted by Crippen LogP contribution is -2.09. The van der Waals surface area contributed by atoms with E-state index < -0.39 is 0 Å². The van der Waals surface area contributed by atoms with Crippen LogP contribution in [0.25, 0.3) is 5.69 Å². The van der Waals surface area contributed by atoms with Gasteiger partial charge in [0.25, 0.3) is 5.56 Å². The van der Waals surface area contributed by atoms with Crippen LogP contribution in [0.4, 0.5) is 0 Å². The van der Waals surface area contributed by atoms with Crippen LogP contribution in [0.1, 0.15) is 0 Å². The van der Waals surface area contributed by atoms with Gasteiger partial charge >= 0.3 is 0 Å². The summed E-state index contributed by atoms with van der Waals surface area (Å²) in [6.07, 6.45) is 1.64. The summed E-state index contributed by atoms with van der Waals surface area (Å²) in [5, 5.41) is 0. The van der Waals surface area contributed by atoms with E-state index >= 15 is 0 Å². The predicted octanol–water partition coefficient (Wildman–Crippen LogP) is 3.69. The van der Waals surface area contributed by atoms with Crippen molar-refractivity contribution < 1.29 is 4.74 Å². The molecule has 1 aromatic heterocycles. The van der Waals surface area contributed by atoms with Crippen molar-refractivity contribution in [2.75, 3.05) is 0 Å². The number of aromatic amines is 1. The molecule has 3 aromatic rings. The number of nitrogens with one attached hydrogen (secondary N) is 1. The molecule has 2 aromatic carbocycles. The number of rotatable bonds is 3. The Morgan fingerprint density at radius 3 is 2.48 bits per heavy atom. The lowest BCUT2D eigenvalue weighted by molar-refractivity contribution is 0.482. The van der Waals surface area contributed by atoms with Gasteiger partial charge in [-0.3, -0.25) is 14.3 Å². The Balaban J connectivity index is 1.97. The number of aromatic nitrogens is 2. The highest BCUT2D eigenvalue weighted by molar-refractivity contribution is 7.71. The number of hydrogen-bond donors (Lipinski definition) is 1. The van der Waals surface area contributed by atoms with Crippen LogP contribution in [0, 0.1) is 4.77 Å². The minimum Gasteiger partial charge on any atom is -0.457 e. The molecule has 0 spiro atoms. The van der Waals surface area contributed by atoms with Gasteiger partial charge in [0.2, 0.25) is 0 Å². The van der Waals surface area contributed by atoms with Gasteiger partial charge < -0.3 is 4.74 Å². The zero-order chi connectivity index (χ0) is 14.7. The van der Waals surface area contributed by atoms with E-state index in [1.807, 2.05) is 54.6 Å². The fourth-order valence-electron chi connectivity index (χ4n) is 1.94. The molecule has 1 heterocycles. The van der Waals surface area contributed by atoms with Crippen molar-refractivity contribution in [2.45, 2.75) is 0 Å². The first-order chi connectivity index (χ1) is 10.2. The third-order valence-electron chi connectivity index (χ3n) is 2.90. The van der Waals surface area contributed by atoms with Crippen LogP contribution in [0.5, 0.6) is 11.5 Å². The minimum atomic E-state index is -0.215. The number of nitrogens with zero attached hydrogens (tertiary/aromatic N) is 1. The van der Waals surface area contributed by atoms with E-state index in [9.17, 15) is 4.79 Å². The van der Waals surface area contributed by atoms with Gasteiger partial charge in [0.05, 0.1) is 5.69 Å². The van der Waals surface area contributed by atoms with Crippen LogP contribution in [-0.4, -0.2) is 9.55 Å². The van der Waals surface area contributed by atoms with Crippen molar-refractivity contribution >= 4 is 12.2 Å². The second-order valence-corrected chi connectivity index (χ2v) is 4.78. The van der Waals surface area contributed by atoms with Crippen molar-refractivity contribution in [2.24, 2.45) is 0 Å². The van der Waals surface area contributed by atoms with E-state index in [1.165, 1.54) is 6.07 Å². The highest BCUT2D eigenvalue weighted by Gasteiger charge is 2.01. The first kappa shape index (κ1) is 13.3. The van der Waals surface area contributed by atoms with E-state index in [1.54, 1.807) is 10.8 Å². The van der Waals surface area contributed by atoms with Gasteiger partial charge in [0.15, 0.2) is 4.77 Å². The number of hydrogen-bond acceptors (Lipinski definition) is 3. The van der Waals surface area contributed by atoms with Crippen LogP contribution in [0.3, 0.4) is 0 Å². The molecule has 21 heavy (non-hydrogen) atoms. The van der Waals surface area contributed by atoms with Gasteiger partial charge in [-0.15, -0.1) is 0 Å². The molecule has 0 saturated heterocycles. The molecule has 0 aliphatic heterocycles. The third-order valence-corrected chi connectivity index (χ3v) is 3.20. The average molecular weight is 296 g/mol. The molecule has 4 nitrogen and oxygen atoms in total. The molecule has 0 bridgehead atoms. The number of H-pyrrole nitrogens is 1. The summed E-state index contributed by atoms with van der Waals surface area (Å²) in [6, 6.07) is 18.5. The molecule has 0 aliphatic rings. The molecule has 1 N–H and O–H groups in total. The molecule has 5 heteroatoms. The molecule has 0 amide bonds. The zero-order valence-electron chi connectivity index (χ0n) is 11.0. The first-order valence-electron chi connectivity index (χ1n) is 6.38. The van der Waals surface area contributed by atoms with Crippen LogP contribution in [0.2, 0.25) is 0 Å². The zero-order valence-corrected chi connectivity index (χ0v) is 11.8. The summed E-state index contributed by atoms with van der Waals surface area (Å²) in [7, 11) is 0. The quantitative estimate of drug-likeness (QED) is 0.750. The molecule has 3 rings (SSSR count). The van der Waals surface area contributed by atoms with Gasteiger partial charge in [0.1, 0.15) is 11.5 Å². The summed E-state index contributed by atoms with van der Waals surface area (Å²) in [5.74, 6) is 1.46. The Morgan fingerprint density at radius 1 is 0.952 bits per heavy atom. The Labute approximate surface area is 126 Å². The van der Waals surface area contributed by atoms with Crippen molar-refractivity contribution in [3.05, 3.63) is 82.0 Å². The maximum atomic E-state index is 11.2. The molecule has 0 radical (unpaired) electrons. The van der Waals surface area contributed by atoms with E-state index in [4.69, 9.17) is 17.0 Å². The van der Waals surface area contributed by atoms with Crippen LogP contribution in [0.15, 0.2) is 71.7 Å². The Bertz CT molecular complexity index is 869. The Morgan fingerprint density at radius 2 is 1.71 bits per heavy atom. The molecule has 0 unspecified atom stereocenters. The molecule has 0 atom stereocenters. The van der Waals surface area contributed by atoms with E-state index in [0.29, 0.717) is 10.5 Å². The molecule has 0 saturated carbocycles. The number of para-hydroxylation sites is 1. The summed E-state index contributed by atoms with van der Waals surface area (Å²) >= 11 is 5.16. The highest BCUT2D eigenvalue weighted by atomic mass is 32.1. The minimum absolute atomic E-state index is 0.215. The maximum Gasteiger partial charge on any atom is 0.251 e. The molecular formula is C16H12N2O2S. The number of ether oxygens (including phenoxy) is 1. The topological polar surface area (TPSA) is 47.0 Å². The van der Waals surface area contributed by atoms with Gasteiger partial charge in [-0.1, -0.05) is 24.3 Å².